The first-order chi connectivity index (χ1) is 9.97. The topological polar surface area (TPSA) is 42.4 Å². The Morgan fingerprint density at radius 3 is 2.90 bits per heavy atom. The summed E-state index contributed by atoms with van der Waals surface area (Å²) in [6.45, 7) is 6.37. The Bertz CT molecular complexity index is 499. The van der Waals surface area contributed by atoms with Crippen molar-refractivity contribution in [3.05, 3.63) is 28.5 Å². The summed E-state index contributed by atoms with van der Waals surface area (Å²) in [5.41, 5.74) is 1.46. The Kier molecular flexibility index (Phi) is 5.59. The first kappa shape index (κ1) is 16.2. The summed E-state index contributed by atoms with van der Waals surface area (Å²) in [5.74, 6) is 0.661. The van der Waals surface area contributed by atoms with Crippen molar-refractivity contribution in [3.63, 3.8) is 0 Å². The van der Waals surface area contributed by atoms with Gasteiger partial charge < -0.3 is 9.64 Å². The van der Waals surface area contributed by atoms with Crippen molar-refractivity contribution in [2.75, 3.05) is 26.8 Å². The van der Waals surface area contributed by atoms with Gasteiger partial charge in [0.05, 0.1) is 6.61 Å². The van der Waals surface area contributed by atoms with E-state index in [1.165, 1.54) is 0 Å². The summed E-state index contributed by atoms with van der Waals surface area (Å²) in [7, 11) is 1.83. The summed E-state index contributed by atoms with van der Waals surface area (Å²) >= 11 is 6.03. The predicted octanol–water partition coefficient (Wildman–Crippen LogP) is 3.36. The van der Waals surface area contributed by atoms with E-state index in [1.54, 1.807) is 11.0 Å². The summed E-state index contributed by atoms with van der Waals surface area (Å²) in [5, 5.41) is 0.374. The van der Waals surface area contributed by atoms with E-state index < -0.39 is 0 Å². The van der Waals surface area contributed by atoms with Gasteiger partial charge in [0.15, 0.2) is 0 Å². The second kappa shape index (κ2) is 7.23. The van der Waals surface area contributed by atoms with Crippen LogP contribution >= 0.6 is 11.6 Å². The zero-order valence-corrected chi connectivity index (χ0v) is 13.7. The zero-order chi connectivity index (χ0) is 15.4. The van der Waals surface area contributed by atoms with Gasteiger partial charge in [0.2, 0.25) is 0 Å². The normalized spacial score (nSPS) is 18.8. The highest BCUT2D eigenvalue weighted by Crippen LogP contribution is 2.20. The van der Waals surface area contributed by atoms with Crippen LogP contribution in [0.25, 0.3) is 0 Å². The van der Waals surface area contributed by atoms with E-state index in [4.69, 9.17) is 16.3 Å². The molecule has 0 aliphatic carbocycles. The van der Waals surface area contributed by atoms with Gasteiger partial charge in [-0.25, -0.2) is 4.98 Å². The van der Waals surface area contributed by atoms with Crippen molar-refractivity contribution in [2.24, 2.45) is 5.92 Å². The minimum atomic E-state index is -0.00762. The van der Waals surface area contributed by atoms with E-state index in [1.807, 2.05) is 27.0 Å². The van der Waals surface area contributed by atoms with Gasteiger partial charge in [0.25, 0.3) is 5.91 Å². The van der Waals surface area contributed by atoms with E-state index in [0.29, 0.717) is 16.6 Å². The number of hydrogen-bond donors (Lipinski definition) is 0. The van der Waals surface area contributed by atoms with Crippen LogP contribution in [0.5, 0.6) is 0 Å². The fraction of sp³-hybridized carbons (Fsp3) is 0.625. The molecule has 1 aliphatic heterocycles. The van der Waals surface area contributed by atoms with E-state index in [9.17, 15) is 4.79 Å². The standard InChI is InChI=1S/C16H23ClN2O2/c1-11(2)14-7-13(8-15(17)18-14)16(20)19(3)9-12-5-4-6-21-10-12/h7-8,11-12H,4-6,9-10H2,1-3H3. The van der Waals surface area contributed by atoms with Crippen molar-refractivity contribution in [1.82, 2.24) is 9.88 Å². The Balaban J connectivity index is 2.07. The van der Waals surface area contributed by atoms with Crippen LogP contribution in [0.1, 0.15) is 48.7 Å². The van der Waals surface area contributed by atoms with Gasteiger partial charge >= 0.3 is 0 Å². The van der Waals surface area contributed by atoms with Crippen LogP contribution in [0.2, 0.25) is 5.15 Å². The first-order valence-corrected chi connectivity index (χ1v) is 7.86. The molecule has 1 unspecified atom stereocenters. The first-order valence-electron chi connectivity index (χ1n) is 7.48. The van der Waals surface area contributed by atoms with Crippen LogP contribution in [0.3, 0.4) is 0 Å². The smallest absolute Gasteiger partial charge is 0.253 e. The van der Waals surface area contributed by atoms with Gasteiger partial charge in [-0.05, 0) is 36.8 Å². The maximum absolute atomic E-state index is 12.5. The average Bonchev–Trinajstić information content (AvgIpc) is 2.46. The van der Waals surface area contributed by atoms with Crippen LogP contribution in [-0.2, 0) is 4.74 Å². The molecule has 116 valence electrons. The van der Waals surface area contributed by atoms with Crippen LogP contribution in [-0.4, -0.2) is 42.6 Å². The molecule has 0 saturated carbocycles. The number of halogens is 1. The van der Waals surface area contributed by atoms with Crippen LogP contribution < -0.4 is 0 Å². The molecule has 0 N–H and O–H groups in total. The molecule has 0 bridgehead atoms. The predicted molar refractivity (Wildman–Crippen MR) is 83.8 cm³/mol. The molecule has 4 nitrogen and oxygen atoms in total. The molecule has 1 aromatic heterocycles. The molecule has 1 aromatic rings. The molecule has 2 heterocycles. The van der Waals surface area contributed by atoms with E-state index in [0.717, 1.165) is 38.3 Å². The van der Waals surface area contributed by atoms with Crippen molar-refractivity contribution in [3.8, 4) is 0 Å². The van der Waals surface area contributed by atoms with E-state index >= 15 is 0 Å². The Hall–Kier alpha value is -1.13. The molecule has 5 heteroatoms. The summed E-state index contributed by atoms with van der Waals surface area (Å²) in [4.78, 5) is 18.6. The highest BCUT2D eigenvalue weighted by molar-refractivity contribution is 6.29. The fourth-order valence-corrected chi connectivity index (χ4v) is 2.79. The fourth-order valence-electron chi connectivity index (χ4n) is 2.58. The molecule has 1 atom stereocenters. The van der Waals surface area contributed by atoms with E-state index in [2.05, 4.69) is 4.98 Å². The summed E-state index contributed by atoms with van der Waals surface area (Å²) in [6.07, 6.45) is 2.19. The van der Waals surface area contributed by atoms with Crippen molar-refractivity contribution in [2.45, 2.75) is 32.6 Å². The van der Waals surface area contributed by atoms with Crippen molar-refractivity contribution < 1.29 is 9.53 Å². The molecule has 1 aliphatic rings. The third-order valence-corrected chi connectivity index (χ3v) is 3.98. The van der Waals surface area contributed by atoms with Crippen molar-refractivity contribution in [1.29, 1.82) is 0 Å². The second-order valence-corrected chi connectivity index (χ2v) is 6.41. The Labute approximate surface area is 131 Å². The highest BCUT2D eigenvalue weighted by atomic mass is 35.5. The average molecular weight is 311 g/mol. The SMILES string of the molecule is CC(C)c1cc(C(=O)N(C)CC2CCCOC2)cc(Cl)n1. The number of carbonyl (C=O) groups excluding carboxylic acids is 1. The van der Waals surface area contributed by atoms with Crippen LogP contribution in [0, 0.1) is 5.92 Å². The molecule has 2 rings (SSSR count). The Morgan fingerprint density at radius 2 is 2.29 bits per heavy atom. The number of aromatic nitrogens is 1. The van der Waals surface area contributed by atoms with Crippen molar-refractivity contribution >= 4 is 17.5 Å². The molecule has 21 heavy (non-hydrogen) atoms. The molecule has 0 aromatic carbocycles. The minimum absolute atomic E-state index is 0.00762. The van der Waals surface area contributed by atoms with Gasteiger partial charge in [-0.2, -0.15) is 0 Å². The quantitative estimate of drug-likeness (QED) is 0.801. The number of rotatable bonds is 4. The number of nitrogens with zero attached hydrogens (tertiary/aromatic N) is 2. The number of hydrogen-bond acceptors (Lipinski definition) is 3. The molecular weight excluding hydrogens is 288 g/mol. The van der Waals surface area contributed by atoms with Gasteiger partial charge in [-0.3, -0.25) is 4.79 Å². The van der Waals surface area contributed by atoms with Crippen LogP contribution in [0.15, 0.2) is 12.1 Å². The lowest BCUT2D eigenvalue weighted by Gasteiger charge is -2.27. The molecule has 1 saturated heterocycles. The maximum Gasteiger partial charge on any atom is 0.253 e. The lowest BCUT2D eigenvalue weighted by Crippen LogP contribution is -2.35. The number of carbonyl (C=O) groups is 1. The lowest BCUT2D eigenvalue weighted by atomic mass is 10.0. The van der Waals surface area contributed by atoms with Gasteiger partial charge in [-0.15, -0.1) is 0 Å². The van der Waals surface area contributed by atoms with Gasteiger partial charge in [0.1, 0.15) is 5.15 Å². The Morgan fingerprint density at radius 1 is 1.52 bits per heavy atom. The molecule has 1 fully saturated rings. The highest BCUT2D eigenvalue weighted by Gasteiger charge is 2.20. The van der Waals surface area contributed by atoms with Crippen LogP contribution in [0.4, 0.5) is 0 Å². The molecule has 0 radical (unpaired) electrons. The number of pyridine rings is 1. The minimum Gasteiger partial charge on any atom is -0.381 e. The second-order valence-electron chi connectivity index (χ2n) is 6.03. The largest absolute Gasteiger partial charge is 0.381 e. The van der Waals surface area contributed by atoms with E-state index in [-0.39, 0.29) is 11.8 Å². The maximum atomic E-state index is 12.5. The summed E-state index contributed by atoms with van der Waals surface area (Å²) in [6, 6.07) is 3.48. The van der Waals surface area contributed by atoms with Gasteiger partial charge in [-0.1, -0.05) is 25.4 Å². The lowest BCUT2D eigenvalue weighted by molar-refractivity contribution is 0.0388. The summed E-state index contributed by atoms with van der Waals surface area (Å²) < 4.78 is 5.47. The monoisotopic (exact) mass is 310 g/mol. The zero-order valence-electron chi connectivity index (χ0n) is 12.9. The molecule has 0 spiro atoms. The number of ether oxygens (including phenoxy) is 1. The third kappa shape index (κ3) is 4.42. The molecule has 1 amide bonds. The van der Waals surface area contributed by atoms with Gasteiger partial charge in [0, 0.05) is 31.5 Å². The number of amides is 1. The third-order valence-electron chi connectivity index (χ3n) is 3.79. The molecular formula is C16H23ClN2O2.